The number of rotatable bonds is 6. The summed E-state index contributed by atoms with van der Waals surface area (Å²) in [6.07, 6.45) is 1.09. The number of nitrogens with one attached hydrogen (secondary N) is 1. The number of hydrogen-bond donors (Lipinski definition) is 1. The van der Waals surface area contributed by atoms with E-state index >= 15 is 0 Å². The van der Waals surface area contributed by atoms with Crippen molar-refractivity contribution in [2.24, 2.45) is 0 Å². The van der Waals surface area contributed by atoms with Crippen molar-refractivity contribution in [2.45, 2.75) is 33.1 Å². The molecule has 0 aliphatic rings. The number of benzene rings is 2. The van der Waals surface area contributed by atoms with Crippen molar-refractivity contribution in [2.75, 3.05) is 13.1 Å². The summed E-state index contributed by atoms with van der Waals surface area (Å²) < 4.78 is 0. The monoisotopic (exact) mass is 267 g/mol. The van der Waals surface area contributed by atoms with E-state index in [-0.39, 0.29) is 0 Å². The van der Waals surface area contributed by atoms with E-state index in [4.69, 9.17) is 0 Å². The highest BCUT2D eigenvalue weighted by Crippen LogP contribution is 2.21. The Morgan fingerprint density at radius 1 is 0.950 bits per heavy atom. The minimum Gasteiger partial charge on any atom is -0.316 e. The van der Waals surface area contributed by atoms with E-state index in [0.717, 1.165) is 19.5 Å². The van der Waals surface area contributed by atoms with E-state index in [0.29, 0.717) is 5.92 Å². The maximum absolute atomic E-state index is 3.50. The van der Waals surface area contributed by atoms with Crippen molar-refractivity contribution >= 4 is 0 Å². The molecule has 0 aliphatic heterocycles. The van der Waals surface area contributed by atoms with Gasteiger partial charge in [0.25, 0.3) is 0 Å². The Morgan fingerprint density at radius 2 is 1.70 bits per heavy atom. The fourth-order valence-corrected chi connectivity index (χ4v) is 2.56. The van der Waals surface area contributed by atoms with Crippen molar-refractivity contribution in [1.82, 2.24) is 5.32 Å². The average Bonchev–Trinajstić information content (AvgIpc) is 2.45. The van der Waals surface area contributed by atoms with Crippen LogP contribution in [0.2, 0.25) is 0 Å². The van der Waals surface area contributed by atoms with Crippen LogP contribution in [-0.2, 0) is 6.42 Å². The van der Waals surface area contributed by atoms with Gasteiger partial charge in [-0.3, -0.25) is 0 Å². The van der Waals surface area contributed by atoms with Crippen LogP contribution in [0.5, 0.6) is 0 Å². The Hall–Kier alpha value is -1.60. The first kappa shape index (κ1) is 14.8. The van der Waals surface area contributed by atoms with Crippen LogP contribution in [0.4, 0.5) is 0 Å². The number of likely N-dealkylation sites (N-methyl/N-ethyl adjacent to an activating group) is 1. The molecule has 0 spiro atoms. The molecule has 2 aromatic rings. The molecule has 20 heavy (non-hydrogen) atoms. The Bertz CT molecular complexity index is 528. The maximum Gasteiger partial charge on any atom is 0.00232 e. The fourth-order valence-electron chi connectivity index (χ4n) is 2.56. The molecule has 0 saturated heterocycles. The largest absolute Gasteiger partial charge is 0.316 e. The third-order valence-corrected chi connectivity index (χ3v) is 3.76. The minimum absolute atomic E-state index is 0.539. The summed E-state index contributed by atoms with van der Waals surface area (Å²) in [6.45, 7) is 8.53. The fraction of sp³-hybridized carbons (Fsp3) is 0.368. The molecular weight excluding hydrogens is 242 g/mol. The van der Waals surface area contributed by atoms with Gasteiger partial charge in [0.1, 0.15) is 0 Å². The van der Waals surface area contributed by atoms with Crippen LogP contribution in [0.25, 0.3) is 0 Å². The summed E-state index contributed by atoms with van der Waals surface area (Å²) in [4.78, 5) is 0. The van der Waals surface area contributed by atoms with Crippen LogP contribution in [0.1, 0.15) is 35.1 Å². The first-order valence-electron chi connectivity index (χ1n) is 7.52. The van der Waals surface area contributed by atoms with E-state index in [9.17, 15) is 0 Å². The van der Waals surface area contributed by atoms with Gasteiger partial charge >= 0.3 is 0 Å². The third-order valence-electron chi connectivity index (χ3n) is 3.76. The molecule has 1 nitrogen and oxygen atoms in total. The molecule has 0 aromatic heterocycles. The molecule has 1 atom stereocenters. The van der Waals surface area contributed by atoms with Gasteiger partial charge in [-0.05, 0) is 37.9 Å². The molecule has 0 saturated carbocycles. The molecule has 2 rings (SSSR count). The van der Waals surface area contributed by atoms with E-state index in [1.165, 1.54) is 22.3 Å². The van der Waals surface area contributed by atoms with Gasteiger partial charge in [-0.15, -0.1) is 0 Å². The lowest BCUT2D eigenvalue weighted by molar-refractivity contribution is 0.594. The van der Waals surface area contributed by atoms with Crippen LogP contribution in [0.3, 0.4) is 0 Å². The molecule has 1 unspecified atom stereocenters. The van der Waals surface area contributed by atoms with Gasteiger partial charge in [-0.1, -0.05) is 66.6 Å². The molecule has 1 heteroatoms. The third kappa shape index (κ3) is 4.21. The molecule has 0 amide bonds. The first-order chi connectivity index (χ1) is 9.69. The molecular formula is C19H25N. The van der Waals surface area contributed by atoms with Crippen LogP contribution >= 0.6 is 0 Å². The lowest BCUT2D eigenvalue weighted by Crippen LogP contribution is -2.22. The minimum atomic E-state index is 0.539. The first-order valence-corrected chi connectivity index (χ1v) is 7.52. The van der Waals surface area contributed by atoms with Gasteiger partial charge in [0.15, 0.2) is 0 Å². The molecule has 1 N–H and O–H groups in total. The molecule has 106 valence electrons. The molecule has 0 bridgehead atoms. The lowest BCUT2D eigenvalue weighted by Gasteiger charge is -2.18. The summed E-state index contributed by atoms with van der Waals surface area (Å²) in [5.74, 6) is 0.539. The van der Waals surface area contributed by atoms with E-state index in [1.54, 1.807) is 0 Å². The highest BCUT2D eigenvalue weighted by Gasteiger charge is 2.12. The van der Waals surface area contributed by atoms with Gasteiger partial charge in [-0.25, -0.2) is 0 Å². The quantitative estimate of drug-likeness (QED) is 0.825. The van der Waals surface area contributed by atoms with Crippen molar-refractivity contribution in [3.63, 3.8) is 0 Å². The second-order valence-electron chi connectivity index (χ2n) is 5.61. The average molecular weight is 267 g/mol. The Kier molecular flexibility index (Phi) is 5.37. The van der Waals surface area contributed by atoms with Gasteiger partial charge in [0, 0.05) is 12.5 Å². The van der Waals surface area contributed by atoms with Crippen LogP contribution in [-0.4, -0.2) is 13.1 Å². The standard InChI is InChI=1S/C19H25N/c1-4-20-14-19(18-7-5-6-16(3)12-18)13-17-10-8-15(2)9-11-17/h5-12,19-20H,4,13-14H2,1-3H3. The van der Waals surface area contributed by atoms with Crippen molar-refractivity contribution in [1.29, 1.82) is 0 Å². The van der Waals surface area contributed by atoms with Gasteiger partial charge in [-0.2, -0.15) is 0 Å². The zero-order chi connectivity index (χ0) is 14.4. The topological polar surface area (TPSA) is 12.0 Å². The summed E-state index contributed by atoms with van der Waals surface area (Å²) >= 11 is 0. The van der Waals surface area contributed by atoms with Gasteiger partial charge in [0.05, 0.1) is 0 Å². The second-order valence-corrected chi connectivity index (χ2v) is 5.61. The normalized spacial score (nSPS) is 12.3. The highest BCUT2D eigenvalue weighted by atomic mass is 14.8. The predicted molar refractivity (Wildman–Crippen MR) is 87.3 cm³/mol. The maximum atomic E-state index is 3.50. The smallest absolute Gasteiger partial charge is 0.00232 e. The van der Waals surface area contributed by atoms with Crippen LogP contribution in [0, 0.1) is 13.8 Å². The van der Waals surface area contributed by atoms with Crippen molar-refractivity contribution in [3.05, 3.63) is 70.8 Å². The Labute approximate surface area is 123 Å². The van der Waals surface area contributed by atoms with Gasteiger partial charge in [0.2, 0.25) is 0 Å². The zero-order valence-electron chi connectivity index (χ0n) is 12.8. The molecule has 0 aliphatic carbocycles. The van der Waals surface area contributed by atoms with E-state index < -0.39 is 0 Å². The number of aryl methyl sites for hydroxylation is 2. The van der Waals surface area contributed by atoms with Crippen LogP contribution < -0.4 is 5.32 Å². The van der Waals surface area contributed by atoms with Crippen molar-refractivity contribution < 1.29 is 0 Å². The summed E-state index contributed by atoms with van der Waals surface area (Å²) in [6, 6.07) is 17.8. The SMILES string of the molecule is CCNCC(Cc1ccc(C)cc1)c1cccc(C)c1. The summed E-state index contributed by atoms with van der Waals surface area (Å²) in [5, 5.41) is 3.50. The van der Waals surface area contributed by atoms with E-state index in [2.05, 4.69) is 74.6 Å². The second kappa shape index (κ2) is 7.25. The summed E-state index contributed by atoms with van der Waals surface area (Å²) in [7, 11) is 0. The van der Waals surface area contributed by atoms with E-state index in [1.807, 2.05) is 0 Å². The predicted octanol–water partition coefficient (Wildman–Crippen LogP) is 4.24. The summed E-state index contributed by atoms with van der Waals surface area (Å²) in [5.41, 5.74) is 5.52. The number of hydrogen-bond acceptors (Lipinski definition) is 1. The zero-order valence-corrected chi connectivity index (χ0v) is 12.8. The van der Waals surface area contributed by atoms with Crippen LogP contribution in [0.15, 0.2) is 48.5 Å². The Morgan fingerprint density at radius 3 is 2.35 bits per heavy atom. The molecule has 2 aromatic carbocycles. The molecule has 0 heterocycles. The Balaban J connectivity index is 2.16. The highest BCUT2D eigenvalue weighted by molar-refractivity contribution is 5.29. The molecule has 0 radical (unpaired) electrons. The molecule has 0 fully saturated rings. The lowest BCUT2D eigenvalue weighted by atomic mass is 9.90. The van der Waals surface area contributed by atoms with Crippen molar-refractivity contribution in [3.8, 4) is 0 Å². The van der Waals surface area contributed by atoms with Gasteiger partial charge < -0.3 is 5.32 Å².